The number of carbonyl (C=O) groups excluding carboxylic acids is 1. The Morgan fingerprint density at radius 1 is 1.46 bits per heavy atom. The zero-order chi connectivity index (χ0) is 17.4. The molecule has 1 atom stereocenters. The van der Waals surface area contributed by atoms with Gasteiger partial charge in [-0.1, -0.05) is 27.5 Å². The van der Waals surface area contributed by atoms with Crippen molar-refractivity contribution in [3.63, 3.8) is 0 Å². The van der Waals surface area contributed by atoms with Gasteiger partial charge in [-0.2, -0.15) is 0 Å². The van der Waals surface area contributed by atoms with Crippen LogP contribution in [0.15, 0.2) is 35.1 Å². The van der Waals surface area contributed by atoms with Gasteiger partial charge in [0, 0.05) is 17.1 Å². The molecule has 1 aromatic heterocycles. The predicted octanol–water partition coefficient (Wildman–Crippen LogP) is 4.10. The Morgan fingerprint density at radius 3 is 2.88 bits per heavy atom. The first-order chi connectivity index (χ1) is 11.4. The van der Waals surface area contributed by atoms with Gasteiger partial charge in [-0.3, -0.25) is 0 Å². The molecule has 3 aromatic rings. The Hall–Kier alpha value is -1.96. The highest BCUT2D eigenvalue weighted by Crippen LogP contribution is 2.36. The van der Waals surface area contributed by atoms with Crippen LogP contribution < -0.4 is 5.32 Å². The molecular formula is C16H12BrClFN3O2. The van der Waals surface area contributed by atoms with Crippen molar-refractivity contribution < 1.29 is 14.3 Å². The molecule has 0 radical (unpaired) electrons. The van der Waals surface area contributed by atoms with Crippen molar-refractivity contribution in [3.8, 4) is 0 Å². The molecule has 1 heterocycles. The lowest BCUT2D eigenvalue weighted by Crippen LogP contribution is -2.07. The fourth-order valence-electron chi connectivity index (χ4n) is 2.40. The van der Waals surface area contributed by atoms with Crippen molar-refractivity contribution in [1.82, 2.24) is 9.55 Å². The van der Waals surface area contributed by atoms with Gasteiger partial charge in [-0.15, -0.1) is 0 Å². The number of aryl methyl sites for hydroxylation is 1. The number of aliphatic hydroxyl groups excluding tert-OH is 1. The van der Waals surface area contributed by atoms with Gasteiger partial charge in [-0.25, -0.2) is 9.37 Å². The van der Waals surface area contributed by atoms with Crippen LogP contribution in [0.1, 0.15) is 11.7 Å². The molecule has 3 rings (SSSR count). The summed E-state index contributed by atoms with van der Waals surface area (Å²) in [6, 6.07) is 6.57. The lowest BCUT2D eigenvalue weighted by molar-refractivity contribution is -0.115. The number of nitrogens with zero attached hydrogens (tertiary/aromatic N) is 2. The monoisotopic (exact) mass is 411 g/mol. The van der Waals surface area contributed by atoms with Gasteiger partial charge >= 0.3 is 0 Å². The van der Waals surface area contributed by atoms with E-state index < -0.39 is 11.9 Å². The largest absolute Gasteiger partial charge is 0.381 e. The first-order valence-corrected chi connectivity index (χ1v) is 8.08. The zero-order valence-corrected chi connectivity index (χ0v) is 14.8. The Balaban J connectivity index is 2.21. The van der Waals surface area contributed by atoms with Crippen LogP contribution in [0.25, 0.3) is 11.0 Å². The third kappa shape index (κ3) is 2.90. The summed E-state index contributed by atoms with van der Waals surface area (Å²) in [4.78, 5) is 15.1. The van der Waals surface area contributed by atoms with Gasteiger partial charge < -0.3 is 19.8 Å². The SMILES string of the molecule is Cn1cnc2c(F)c(Nc3ccc(Br)cc3Cl)c(C(O)C=O)cc21. The van der Waals surface area contributed by atoms with Crippen LogP contribution in [0.5, 0.6) is 0 Å². The first kappa shape index (κ1) is 16.9. The standard InChI is InChI=1S/C16H12BrClFN3O2/c1-22-7-20-16-12(22)5-9(13(24)6-23)15(14(16)19)21-11-3-2-8(17)4-10(11)18/h2-7,13,21,24H,1H3. The third-order valence-electron chi connectivity index (χ3n) is 3.63. The molecule has 0 bridgehead atoms. The molecule has 2 aromatic carbocycles. The molecule has 0 amide bonds. The Morgan fingerprint density at radius 2 is 2.21 bits per heavy atom. The summed E-state index contributed by atoms with van der Waals surface area (Å²) in [7, 11) is 1.70. The maximum Gasteiger partial charge on any atom is 0.174 e. The van der Waals surface area contributed by atoms with Gasteiger partial charge in [0.05, 0.1) is 28.2 Å². The molecule has 2 N–H and O–H groups in total. The van der Waals surface area contributed by atoms with Gasteiger partial charge in [0.15, 0.2) is 12.1 Å². The summed E-state index contributed by atoms with van der Waals surface area (Å²) in [5, 5.41) is 13.2. The quantitative estimate of drug-likeness (QED) is 0.633. The van der Waals surface area contributed by atoms with Crippen LogP contribution >= 0.6 is 27.5 Å². The summed E-state index contributed by atoms with van der Waals surface area (Å²) in [5.74, 6) is -0.664. The Labute approximate surface area is 150 Å². The molecule has 0 fully saturated rings. The highest BCUT2D eigenvalue weighted by molar-refractivity contribution is 9.10. The molecule has 5 nitrogen and oxygen atoms in total. The van der Waals surface area contributed by atoms with Crippen molar-refractivity contribution in [2.45, 2.75) is 6.10 Å². The number of nitrogens with one attached hydrogen (secondary N) is 1. The fourth-order valence-corrected chi connectivity index (χ4v) is 3.12. The van der Waals surface area contributed by atoms with Crippen molar-refractivity contribution in [2.24, 2.45) is 7.05 Å². The minimum absolute atomic E-state index is 0.0370. The average molecular weight is 413 g/mol. The number of benzene rings is 2. The minimum atomic E-state index is -1.48. The third-order valence-corrected chi connectivity index (χ3v) is 4.44. The molecule has 0 spiro atoms. The van der Waals surface area contributed by atoms with Gasteiger partial charge in [-0.05, 0) is 24.3 Å². The number of imidazole rings is 1. The van der Waals surface area contributed by atoms with E-state index in [0.717, 1.165) is 4.47 Å². The van der Waals surface area contributed by atoms with Crippen molar-refractivity contribution >= 4 is 56.2 Å². The molecular weight excluding hydrogens is 401 g/mol. The number of aldehydes is 1. The number of rotatable bonds is 4. The van der Waals surface area contributed by atoms with E-state index in [0.29, 0.717) is 22.5 Å². The van der Waals surface area contributed by atoms with Crippen LogP contribution in [-0.4, -0.2) is 20.9 Å². The number of carbonyl (C=O) groups is 1. The normalized spacial score (nSPS) is 12.4. The van der Waals surface area contributed by atoms with E-state index in [-0.39, 0.29) is 16.8 Å². The Kier molecular flexibility index (Phi) is 4.58. The number of aromatic nitrogens is 2. The van der Waals surface area contributed by atoms with E-state index in [2.05, 4.69) is 26.2 Å². The van der Waals surface area contributed by atoms with E-state index in [1.807, 2.05) is 0 Å². The molecule has 0 saturated carbocycles. The molecule has 8 heteroatoms. The van der Waals surface area contributed by atoms with Crippen LogP contribution in [-0.2, 0) is 11.8 Å². The van der Waals surface area contributed by atoms with Gasteiger partial charge in [0.2, 0.25) is 0 Å². The second-order valence-corrected chi connectivity index (χ2v) is 6.53. The maximum atomic E-state index is 14.9. The lowest BCUT2D eigenvalue weighted by Gasteiger charge is -2.16. The number of hydrogen-bond donors (Lipinski definition) is 2. The molecule has 0 aliphatic carbocycles. The number of fused-ring (bicyclic) bond motifs is 1. The molecule has 1 unspecified atom stereocenters. The van der Waals surface area contributed by atoms with Crippen LogP contribution in [0.2, 0.25) is 5.02 Å². The predicted molar refractivity (Wildman–Crippen MR) is 94.1 cm³/mol. The topological polar surface area (TPSA) is 67.2 Å². The van der Waals surface area contributed by atoms with Crippen LogP contribution in [0.3, 0.4) is 0 Å². The van der Waals surface area contributed by atoms with Crippen LogP contribution in [0.4, 0.5) is 15.8 Å². The van der Waals surface area contributed by atoms with E-state index in [9.17, 15) is 14.3 Å². The smallest absolute Gasteiger partial charge is 0.174 e. The summed E-state index contributed by atoms with van der Waals surface area (Å²) in [5.41, 5.74) is 1.11. The van der Waals surface area contributed by atoms with Crippen molar-refractivity contribution in [3.05, 3.63) is 51.5 Å². The second-order valence-electron chi connectivity index (χ2n) is 5.21. The van der Waals surface area contributed by atoms with E-state index in [4.69, 9.17) is 11.6 Å². The van der Waals surface area contributed by atoms with Crippen molar-refractivity contribution in [1.29, 1.82) is 0 Å². The number of anilines is 2. The summed E-state index contributed by atoms with van der Waals surface area (Å²) in [6.07, 6.45) is 0.322. The van der Waals surface area contributed by atoms with Crippen LogP contribution in [0, 0.1) is 5.82 Å². The number of halogens is 3. The summed E-state index contributed by atoms with van der Waals surface area (Å²) in [6.45, 7) is 0. The first-order valence-electron chi connectivity index (χ1n) is 6.91. The molecule has 124 valence electrons. The molecule has 0 aliphatic rings. The maximum absolute atomic E-state index is 14.9. The van der Waals surface area contributed by atoms with E-state index in [1.165, 1.54) is 12.4 Å². The minimum Gasteiger partial charge on any atom is -0.381 e. The highest BCUT2D eigenvalue weighted by atomic mass is 79.9. The second kappa shape index (κ2) is 6.51. The lowest BCUT2D eigenvalue weighted by atomic mass is 10.1. The fraction of sp³-hybridized carbons (Fsp3) is 0.125. The number of aliphatic hydroxyl groups is 1. The number of hydrogen-bond acceptors (Lipinski definition) is 4. The molecule has 24 heavy (non-hydrogen) atoms. The zero-order valence-electron chi connectivity index (χ0n) is 12.4. The van der Waals surface area contributed by atoms with E-state index >= 15 is 0 Å². The highest BCUT2D eigenvalue weighted by Gasteiger charge is 2.21. The summed E-state index contributed by atoms with van der Waals surface area (Å²) < 4.78 is 17.3. The van der Waals surface area contributed by atoms with Crippen molar-refractivity contribution in [2.75, 3.05) is 5.32 Å². The summed E-state index contributed by atoms with van der Waals surface area (Å²) >= 11 is 9.45. The van der Waals surface area contributed by atoms with Gasteiger partial charge in [0.1, 0.15) is 11.6 Å². The van der Waals surface area contributed by atoms with E-state index in [1.54, 1.807) is 29.8 Å². The molecule has 0 saturated heterocycles. The molecule has 0 aliphatic heterocycles. The Bertz CT molecular complexity index is 945. The average Bonchev–Trinajstić information content (AvgIpc) is 2.92. The van der Waals surface area contributed by atoms with Gasteiger partial charge in [0.25, 0.3) is 0 Å².